The second kappa shape index (κ2) is 7.05. The quantitative estimate of drug-likeness (QED) is 0.771. The van der Waals surface area contributed by atoms with E-state index in [1.54, 1.807) is 0 Å². The average molecular weight is 290 g/mol. The maximum atomic E-state index is 12.3. The topological polar surface area (TPSA) is 75.3 Å². The van der Waals surface area contributed by atoms with E-state index in [4.69, 9.17) is 5.73 Å². The van der Waals surface area contributed by atoms with Crippen molar-refractivity contribution >= 4 is 5.91 Å². The summed E-state index contributed by atoms with van der Waals surface area (Å²) in [4.78, 5) is 12.3. The molecule has 4 N–H and O–H groups in total. The maximum absolute atomic E-state index is 12.3. The van der Waals surface area contributed by atoms with Crippen LogP contribution in [0.2, 0.25) is 0 Å². The first-order chi connectivity index (χ1) is 10.0. The molecule has 1 atom stereocenters. The minimum Gasteiger partial charge on any atom is -0.394 e. The lowest BCUT2D eigenvalue weighted by atomic mass is 9.77. The third-order valence-corrected chi connectivity index (χ3v) is 4.56. The molecule has 0 unspecified atom stereocenters. The third-order valence-electron chi connectivity index (χ3n) is 4.56. The van der Waals surface area contributed by atoms with Gasteiger partial charge in [0.05, 0.1) is 18.2 Å². The molecule has 1 aromatic rings. The first kappa shape index (κ1) is 16.0. The van der Waals surface area contributed by atoms with E-state index in [9.17, 15) is 9.90 Å². The number of carbonyl (C=O) groups excluding carboxylic acids is 1. The predicted octanol–water partition coefficient (Wildman–Crippen LogP) is 1.61. The number of rotatable bonds is 5. The molecule has 1 fully saturated rings. The molecule has 1 aliphatic rings. The van der Waals surface area contributed by atoms with Crippen LogP contribution in [0.1, 0.15) is 38.2 Å². The fourth-order valence-electron chi connectivity index (χ4n) is 2.95. The van der Waals surface area contributed by atoms with Gasteiger partial charge in [0.15, 0.2) is 0 Å². The highest BCUT2D eigenvalue weighted by Crippen LogP contribution is 2.31. The fraction of sp³-hybridized carbons (Fsp3) is 0.588. The molecule has 1 aliphatic carbocycles. The number of hydrogen-bond acceptors (Lipinski definition) is 3. The fourth-order valence-corrected chi connectivity index (χ4v) is 2.95. The predicted molar refractivity (Wildman–Crippen MR) is 83.7 cm³/mol. The smallest absolute Gasteiger partial charge is 0.237 e. The van der Waals surface area contributed by atoms with E-state index in [1.807, 2.05) is 30.3 Å². The number of aliphatic hydroxyl groups excluding tert-OH is 1. The molecule has 21 heavy (non-hydrogen) atoms. The van der Waals surface area contributed by atoms with Crippen molar-refractivity contribution in [3.05, 3.63) is 35.9 Å². The Bertz CT molecular complexity index is 453. The van der Waals surface area contributed by atoms with Crippen LogP contribution in [-0.2, 0) is 11.2 Å². The summed E-state index contributed by atoms with van der Waals surface area (Å²) in [6.45, 7) is 2.20. The van der Waals surface area contributed by atoms with Gasteiger partial charge < -0.3 is 16.2 Å². The Morgan fingerprint density at radius 3 is 2.57 bits per heavy atom. The van der Waals surface area contributed by atoms with Gasteiger partial charge in [0.1, 0.15) is 0 Å². The van der Waals surface area contributed by atoms with Gasteiger partial charge in [-0.1, -0.05) is 37.3 Å². The van der Waals surface area contributed by atoms with Crippen molar-refractivity contribution in [2.24, 2.45) is 11.7 Å². The van der Waals surface area contributed by atoms with Gasteiger partial charge in [0, 0.05) is 0 Å². The molecule has 4 nitrogen and oxygen atoms in total. The zero-order chi connectivity index (χ0) is 15.3. The van der Waals surface area contributed by atoms with Crippen molar-refractivity contribution in [3.8, 4) is 0 Å². The first-order valence-electron chi connectivity index (χ1n) is 7.77. The lowest BCUT2D eigenvalue weighted by Gasteiger charge is -2.39. The van der Waals surface area contributed by atoms with Gasteiger partial charge in [-0.15, -0.1) is 0 Å². The summed E-state index contributed by atoms with van der Waals surface area (Å²) in [6, 6.07) is 9.19. The number of nitrogens with one attached hydrogen (secondary N) is 1. The first-order valence-corrected chi connectivity index (χ1v) is 7.77. The molecule has 0 spiro atoms. The van der Waals surface area contributed by atoms with Crippen LogP contribution >= 0.6 is 0 Å². The Morgan fingerprint density at radius 1 is 1.38 bits per heavy atom. The van der Waals surface area contributed by atoms with Crippen LogP contribution in [0.3, 0.4) is 0 Å². The largest absolute Gasteiger partial charge is 0.394 e. The Kier molecular flexibility index (Phi) is 5.37. The van der Waals surface area contributed by atoms with Crippen molar-refractivity contribution in [1.29, 1.82) is 0 Å². The van der Waals surface area contributed by atoms with E-state index < -0.39 is 11.6 Å². The molecule has 0 bridgehead atoms. The van der Waals surface area contributed by atoms with Gasteiger partial charge >= 0.3 is 0 Å². The van der Waals surface area contributed by atoms with Gasteiger partial charge in [-0.2, -0.15) is 0 Å². The van der Waals surface area contributed by atoms with Crippen molar-refractivity contribution in [3.63, 3.8) is 0 Å². The highest BCUT2D eigenvalue weighted by molar-refractivity contribution is 5.82. The molecular weight excluding hydrogens is 264 g/mol. The minimum atomic E-state index is -0.574. The zero-order valence-corrected chi connectivity index (χ0v) is 12.7. The van der Waals surface area contributed by atoms with Crippen LogP contribution in [0, 0.1) is 5.92 Å². The number of nitrogens with two attached hydrogens (primary N) is 1. The van der Waals surface area contributed by atoms with E-state index in [2.05, 4.69) is 12.2 Å². The van der Waals surface area contributed by atoms with Gasteiger partial charge in [-0.3, -0.25) is 4.79 Å². The highest BCUT2D eigenvalue weighted by Gasteiger charge is 2.35. The van der Waals surface area contributed by atoms with Gasteiger partial charge in [0.25, 0.3) is 0 Å². The molecule has 0 aliphatic heterocycles. The van der Waals surface area contributed by atoms with Gasteiger partial charge in [-0.25, -0.2) is 0 Å². The van der Waals surface area contributed by atoms with Crippen molar-refractivity contribution in [1.82, 2.24) is 5.32 Å². The average Bonchev–Trinajstić information content (AvgIpc) is 2.51. The second-order valence-electron chi connectivity index (χ2n) is 6.41. The molecule has 1 aromatic carbocycles. The molecule has 1 amide bonds. The van der Waals surface area contributed by atoms with Gasteiger partial charge in [0.2, 0.25) is 5.91 Å². The Labute approximate surface area is 126 Å². The lowest BCUT2D eigenvalue weighted by Crippen LogP contribution is -2.57. The molecule has 2 rings (SSSR count). The number of benzene rings is 1. The summed E-state index contributed by atoms with van der Waals surface area (Å²) in [5, 5.41) is 12.7. The normalized spacial score (nSPS) is 27.1. The van der Waals surface area contributed by atoms with E-state index >= 15 is 0 Å². The SMILES string of the molecule is CC1CCC(CO)(NC(=O)[C@H](N)Cc2ccccc2)CC1. The summed E-state index contributed by atoms with van der Waals surface area (Å²) in [5.74, 6) is 0.502. The summed E-state index contributed by atoms with van der Waals surface area (Å²) in [7, 11) is 0. The summed E-state index contributed by atoms with van der Waals surface area (Å²) in [6.07, 6.45) is 4.25. The van der Waals surface area contributed by atoms with Gasteiger partial charge in [-0.05, 0) is 43.6 Å². The van der Waals surface area contributed by atoms with Crippen LogP contribution in [0.5, 0.6) is 0 Å². The molecule has 0 saturated heterocycles. The van der Waals surface area contributed by atoms with Crippen LogP contribution in [0.25, 0.3) is 0 Å². The Hall–Kier alpha value is -1.39. The van der Waals surface area contributed by atoms with Crippen LogP contribution in [-0.4, -0.2) is 29.2 Å². The maximum Gasteiger partial charge on any atom is 0.237 e. The highest BCUT2D eigenvalue weighted by atomic mass is 16.3. The zero-order valence-electron chi connectivity index (χ0n) is 12.7. The minimum absolute atomic E-state index is 0.0104. The third kappa shape index (κ3) is 4.29. The summed E-state index contributed by atoms with van der Waals surface area (Å²) >= 11 is 0. The van der Waals surface area contributed by atoms with E-state index in [0.29, 0.717) is 12.3 Å². The summed E-state index contributed by atoms with van der Waals surface area (Å²) in [5.41, 5.74) is 6.59. The second-order valence-corrected chi connectivity index (χ2v) is 6.41. The number of amides is 1. The molecule has 0 aromatic heterocycles. The van der Waals surface area contributed by atoms with Crippen LogP contribution < -0.4 is 11.1 Å². The van der Waals surface area contributed by atoms with Crippen molar-refractivity contribution in [2.75, 3.05) is 6.61 Å². The number of carbonyl (C=O) groups is 1. The molecular formula is C17H26N2O2. The lowest BCUT2D eigenvalue weighted by molar-refractivity contribution is -0.125. The Balaban J connectivity index is 1.93. The molecule has 0 radical (unpaired) electrons. The standard InChI is InChI=1S/C17H26N2O2/c1-13-7-9-17(12-20,10-8-13)19-16(21)15(18)11-14-5-3-2-4-6-14/h2-6,13,15,20H,7-12,18H2,1H3,(H,19,21)/t13?,15-,17?/m1/s1. The van der Waals surface area contributed by atoms with E-state index in [0.717, 1.165) is 31.2 Å². The van der Waals surface area contributed by atoms with E-state index in [1.165, 1.54) is 0 Å². The number of aliphatic hydroxyl groups is 1. The van der Waals surface area contributed by atoms with Crippen molar-refractivity contribution < 1.29 is 9.90 Å². The van der Waals surface area contributed by atoms with E-state index in [-0.39, 0.29) is 12.5 Å². The molecule has 116 valence electrons. The van der Waals surface area contributed by atoms with Crippen LogP contribution in [0.4, 0.5) is 0 Å². The van der Waals surface area contributed by atoms with Crippen molar-refractivity contribution in [2.45, 2.75) is 50.6 Å². The van der Waals surface area contributed by atoms with Crippen LogP contribution in [0.15, 0.2) is 30.3 Å². The molecule has 4 heteroatoms. The molecule has 1 saturated carbocycles. The number of hydrogen-bond donors (Lipinski definition) is 3. The summed E-state index contributed by atoms with van der Waals surface area (Å²) < 4.78 is 0. The monoisotopic (exact) mass is 290 g/mol. The molecule has 0 heterocycles. The Morgan fingerprint density at radius 2 is 2.00 bits per heavy atom.